The molecule has 2 unspecified atom stereocenters. The molecule has 1 aliphatic heterocycles. The Balaban J connectivity index is 0.00000256. The molecule has 3 N–H and O–H groups in total. The van der Waals surface area contributed by atoms with E-state index in [2.05, 4.69) is 60.3 Å². The summed E-state index contributed by atoms with van der Waals surface area (Å²) >= 11 is 1.84. The summed E-state index contributed by atoms with van der Waals surface area (Å²) in [6, 6.07) is 8.51. The van der Waals surface area contributed by atoms with Crippen molar-refractivity contribution in [3.05, 3.63) is 46.6 Å². The fraction of sp³-hybridized carbons (Fsp3) is 0.450. The molecule has 0 radical (unpaired) electrons. The number of piperidine rings is 1. The third-order valence-corrected chi connectivity index (χ3v) is 6.24. The van der Waals surface area contributed by atoms with Gasteiger partial charge in [-0.3, -0.25) is 15.0 Å². The number of aromatic amines is 1. The number of thiophene rings is 1. The summed E-state index contributed by atoms with van der Waals surface area (Å²) in [5, 5.41) is 16.1. The largest absolute Gasteiger partial charge is 0.461 e. The Morgan fingerprint density at radius 3 is 3.00 bits per heavy atom. The van der Waals surface area contributed by atoms with Crippen LogP contribution in [0.15, 0.2) is 45.3 Å². The van der Waals surface area contributed by atoms with Crippen molar-refractivity contribution in [2.45, 2.75) is 25.4 Å². The molecular formula is C20H28IN7OS. The van der Waals surface area contributed by atoms with E-state index in [1.54, 1.807) is 13.3 Å². The predicted octanol–water partition coefficient (Wildman–Crippen LogP) is 3.49. The van der Waals surface area contributed by atoms with Crippen molar-refractivity contribution in [1.29, 1.82) is 0 Å². The van der Waals surface area contributed by atoms with Gasteiger partial charge in [-0.1, -0.05) is 6.07 Å². The first kappa shape index (κ1) is 22.8. The number of H-pyrrole nitrogens is 1. The highest BCUT2D eigenvalue weighted by atomic mass is 127. The van der Waals surface area contributed by atoms with E-state index in [0.717, 1.165) is 24.9 Å². The van der Waals surface area contributed by atoms with Gasteiger partial charge in [-0.05, 0) is 55.9 Å². The minimum Gasteiger partial charge on any atom is -0.461 e. The fourth-order valence-corrected chi connectivity index (χ4v) is 4.87. The van der Waals surface area contributed by atoms with Gasteiger partial charge >= 0.3 is 0 Å². The summed E-state index contributed by atoms with van der Waals surface area (Å²) in [5.41, 5.74) is 0. The monoisotopic (exact) mass is 541 g/mol. The number of rotatable bonds is 6. The van der Waals surface area contributed by atoms with Gasteiger partial charge in [-0.15, -0.1) is 40.4 Å². The van der Waals surface area contributed by atoms with Crippen LogP contribution in [-0.2, 0) is 6.54 Å². The fourth-order valence-electron chi connectivity index (χ4n) is 3.89. The molecule has 1 saturated heterocycles. The first-order valence-electron chi connectivity index (χ1n) is 9.88. The van der Waals surface area contributed by atoms with Crippen LogP contribution in [-0.4, -0.2) is 53.2 Å². The quantitative estimate of drug-likeness (QED) is 0.251. The van der Waals surface area contributed by atoms with Crippen molar-refractivity contribution in [3.63, 3.8) is 0 Å². The van der Waals surface area contributed by atoms with Crippen molar-refractivity contribution in [2.24, 2.45) is 10.9 Å². The first-order chi connectivity index (χ1) is 14.2. The molecular weight excluding hydrogens is 513 g/mol. The lowest BCUT2D eigenvalue weighted by atomic mass is 9.88. The summed E-state index contributed by atoms with van der Waals surface area (Å²) in [5.74, 6) is 3.24. The van der Waals surface area contributed by atoms with E-state index in [0.29, 0.717) is 30.1 Å². The zero-order chi connectivity index (χ0) is 20.1. The van der Waals surface area contributed by atoms with E-state index in [1.807, 2.05) is 23.5 Å². The summed E-state index contributed by atoms with van der Waals surface area (Å²) in [6.07, 6.45) is 4.05. The van der Waals surface area contributed by atoms with E-state index in [1.165, 1.54) is 17.7 Å². The van der Waals surface area contributed by atoms with Crippen LogP contribution in [0.3, 0.4) is 0 Å². The minimum atomic E-state index is 0. The smallest absolute Gasteiger partial charge is 0.216 e. The summed E-state index contributed by atoms with van der Waals surface area (Å²) in [4.78, 5) is 12.7. The number of furan rings is 1. The Morgan fingerprint density at radius 1 is 1.37 bits per heavy atom. The maximum Gasteiger partial charge on any atom is 0.216 e. The van der Waals surface area contributed by atoms with Gasteiger partial charge in [0.15, 0.2) is 11.7 Å². The molecule has 0 amide bonds. The molecule has 0 aromatic carbocycles. The highest BCUT2D eigenvalue weighted by Crippen LogP contribution is 2.36. The van der Waals surface area contributed by atoms with E-state index in [-0.39, 0.29) is 24.0 Å². The molecule has 4 heterocycles. The molecule has 0 bridgehead atoms. The van der Waals surface area contributed by atoms with Crippen LogP contribution in [0.5, 0.6) is 0 Å². The molecule has 0 spiro atoms. The van der Waals surface area contributed by atoms with Gasteiger partial charge in [-0.25, -0.2) is 4.98 Å². The van der Waals surface area contributed by atoms with Crippen molar-refractivity contribution in [2.75, 3.05) is 27.2 Å². The highest BCUT2D eigenvalue weighted by molar-refractivity contribution is 14.0. The second-order valence-electron chi connectivity index (χ2n) is 7.23. The maximum atomic E-state index is 5.33. The van der Waals surface area contributed by atoms with Crippen LogP contribution in [0.25, 0.3) is 11.6 Å². The number of likely N-dealkylation sites (tertiary alicyclic amines) is 1. The number of aromatic nitrogens is 3. The summed E-state index contributed by atoms with van der Waals surface area (Å²) in [6.45, 7) is 2.53. The van der Waals surface area contributed by atoms with Gasteiger partial charge in [0.2, 0.25) is 5.82 Å². The number of guanidine groups is 1. The Labute approximate surface area is 197 Å². The lowest BCUT2D eigenvalue weighted by Gasteiger charge is -2.39. The van der Waals surface area contributed by atoms with Gasteiger partial charge in [0, 0.05) is 24.5 Å². The van der Waals surface area contributed by atoms with Gasteiger partial charge in [-0.2, -0.15) is 0 Å². The van der Waals surface area contributed by atoms with Gasteiger partial charge in [0.25, 0.3) is 0 Å². The highest BCUT2D eigenvalue weighted by Gasteiger charge is 2.31. The molecule has 10 heteroatoms. The van der Waals surface area contributed by atoms with Crippen LogP contribution in [0.2, 0.25) is 0 Å². The van der Waals surface area contributed by atoms with Gasteiger partial charge in [0.1, 0.15) is 5.82 Å². The van der Waals surface area contributed by atoms with E-state index in [4.69, 9.17) is 4.42 Å². The Hall–Kier alpha value is -1.92. The Morgan fingerprint density at radius 2 is 2.27 bits per heavy atom. The molecule has 30 heavy (non-hydrogen) atoms. The van der Waals surface area contributed by atoms with Crippen LogP contribution in [0.1, 0.15) is 29.6 Å². The molecule has 0 saturated carbocycles. The Kier molecular flexibility index (Phi) is 8.28. The SMILES string of the molecule is CN=C(NCc1nc(-c2ccco2)n[nH]1)NCC1CCCN(C)C1c1cccs1.I. The molecule has 3 aromatic heterocycles. The molecule has 1 fully saturated rings. The third-order valence-electron chi connectivity index (χ3n) is 5.29. The average molecular weight is 541 g/mol. The van der Waals surface area contributed by atoms with Crippen LogP contribution in [0, 0.1) is 5.92 Å². The molecule has 1 aliphatic rings. The number of hydrogen-bond donors (Lipinski definition) is 3. The normalized spacial score (nSPS) is 20.0. The second kappa shape index (κ2) is 10.9. The summed E-state index contributed by atoms with van der Waals surface area (Å²) < 4.78 is 5.33. The molecule has 8 nitrogen and oxygen atoms in total. The Bertz CT molecular complexity index is 910. The summed E-state index contributed by atoms with van der Waals surface area (Å²) in [7, 11) is 4.01. The molecule has 0 aliphatic carbocycles. The number of hydrogen-bond acceptors (Lipinski definition) is 6. The lowest BCUT2D eigenvalue weighted by Crippen LogP contribution is -2.44. The van der Waals surface area contributed by atoms with Crippen molar-refractivity contribution >= 4 is 41.3 Å². The molecule has 162 valence electrons. The molecule has 3 aromatic rings. The van der Waals surface area contributed by atoms with E-state index < -0.39 is 0 Å². The second-order valence-corrected chi connectivity index (χ2v) is 8.21. The number of aliphatic imine (C=N–C) groups is 1. The minimum absolute atomic E-state index is 0. The van der Waals surface area contributed by atoms with Crippen LogP contribution >= 0.6 is 35.3 Å². The number of nitrogens with one attached hydrogen (secondary N) is 3. The lowest BCUT2D eigenvalue weighted by molar-refractivity contribution is 0.125. The maximum absolute atomic E-state index is 5.33. The van der Waals surface area contributed by atoms with Gasteiger partial charge in [0.05, 0.1) is 12.8 Å². The van der Waals surface area contributed by atoms with Crippen molar-refractivity contribution < 1.29 is 4.42 Å². The van der Waals surface area contributed by atoms with Crippen LogP contribution in [0.4, 0.5) is 0 Å². The van der Waals surface area contributed by atoms with Crippen molar-refractivity contribution in [3.8, 4) is 11.6 Å². The standard InChI is InChI=1S/C20H27N7OS.HI/c1-21-20(23-13-17-24-19(26-25-17)15-7-4-10-28-15)22-12-14-6-3-9-27(2)18(14)16-8-5-11-29-16;/h4-5,7-8,10-11,14,18H,3,6,9,12-13H2,1-2H3,(H2,21,22,23)(H,24,25,26);1H. The molecule has 4 rings (SSSR count). The van der Waals surface area contributed by atoms with Gasteiger partial charge < -0.3 is 15.1 Å². The third kappa shape index (κ3) is 5.41. The zero-order valence-corrected chi connectivity index (χ0v) is 20.3. The van der Waals surface area contributed by atoms with Crippen LogP contribution < -0.4 is 10.6 Å². The molecule has 2 atom stereocenters. The number of halogens is 1. The zero-order valence-electron chi connectivity index (χ0n) is 17.2. The van der Waals surface area contributed by atoms with Crippen molar-refractivity contribution in [1.82, 2.24) is 30.7 Å². The van der Waals surface area contributed by atoms with E-state index in [9.17, 15) is 0 Å². The first-order valence-corrected chi connectivity index (χ1v) is 10.8. The van der Waals surface area contributed by atoms with E-state index >= 15 is 0 Å². The predicted molar refractivity (Wildman–Crippen MR) is 130 cm³/mol. The topological polar surface area (TPSA) is 94.4 Å². The number of nitrogens with zero attached hydrogens (tertiary/aromatic N) is 4. The average Bonchev–Trinajstić information content (AvgIpc) is 3.49.